The van der Waals surface area contributed by atoms with Gasteiger partial charge in [-0.1, -0.05) is 39.3 Å². The molecule has 0 radical (unpaired) electrons. The van der Waals surface area contributed by atoms with Crippen molar-refractivity contribution >= 4 is 29.2 Å². The molecule has 0 aliphatic heterocycles. The quantitative estimate of drug-likeness (QED) is 0.588. The van der Waals surface area contributed by atoms with Crippen LogP contribution in [0.15, 0.2) is 24.4 Å². The summed E-state index contributed by atoms with van der Waals surface area (Å²) in [7, 11) is 0. The number of aromatic nitrogens is 2. The lowest BCUT2D eigenvalue weighted by atomic mass is 10.1. The first-order valence-corrected chi connectivity index (χ1v) is 9.95. The van der Waals surface area contributed by atoms with Gasteiger partial charge in [-0.25, -0.2) is 9.58 Å². The van der Waals surface area contributed by atoms with Gasteiger partial charge in [0.1, 0.15) is 11.6 Å². The van der Waals surface area contributed by atoms with Crippen molar-refractivity contribution in [1.29, 1.82) is 5.26 Å². The van der Waals surface area contributed by atoms with Crippen LogP contribution in [-0.4, -0.2) is 21.6 Å². The lowest BCUT2D eigenvalue weighted by molar-refractivity contribution is -0.137. The summed E-state index contributed by atoms with van der Waals surface area (Å²) in [5.41, 5.74) is -1.03. The monoisotopic (exact) mass is 454 g/mol. The minimum absolute atomic E-state index is 0.00543. The van der Waals surface area contributed by atoms with Crippen molar-refractivity contribution < 1.29 is 22.8 Å². The van der Waals surface area contributed by atoms with Crippen LogP contribution in [0.4, 0.5) is 19.0 Å². The molecule has 0 saturated carbocycles. The average Bonchev–Trinajstić information content (AvgIpc) is 3.03. The number of halogens is 4. The van der Waals surface area contributed by atoms with E-state index >= 15 is 0 Å². The predicted octanol–water partition coefficient (Wildman–Crippen LogP) is 5.37. The van der Waals surface area contributed by atoms with E-state index in [1.807, 2.05) is 6.07 Å². The van der Waals surface area contributed by atoms with Gasteiger partial charge < -0.3 is 0 Å². The summed E-state index contributed by atoms with van der Waals surface area (Å²) in [5, 5.41) is 13.3. The third-order valence-corrected chi connectivity index (χ3v) is 4.55. The lowest BCUT2D eigenvalue weighted by Gasteiger charge is -2.24. The van der Waals surface area contributed by atoms with Gasteiger partial charge in [0, 0.05) is 12.8 Å². The van der Waals surface area contributed by atoms with Crippen LogP contribution >= 0.6 is 11.6 Å². The smallest absolute Gasteiger partial charge is 0.274 e. The third-order valence-electron chi connectivity index (χ3n) is 4.24. The van der Waals surface area contributed by atoms with E-state index in [4.69, 9.17) is 11.6 Å². The van der Waals surface area contributed by atoms with Gasteiger partial charge in [-0.05, 0) is 30.0 Å². The number of nitrogens with zero attached hydrogens (tertiary/aromatic N) is 4. The van der Waals surface area contributed by atoms with E-state index in [-0.39, 0.29) is 46.8 Å². The Balaban J connectivity index is 2.69. The zero-order valence-corrected chi connectivity index (χ0v) is 18.3. The molecule has 1 aromatic carbocycles. The highest BCUT2D eigenvalue weighted by Crippen LogP contribution is 2.35. The first-order valence-electron chi connectivity index (χ1n) is 9.57. The molecule has 0 fully saturated rings. The first kappa shape index (κ1) is 24.4. The SMILES string of the molecule is CC(C)CC(=O)N(C(=O)CC(C)C)c1c(C#N)cnn1-c1ccc(C(F)(F)F)cc1Cl. The number of carbonyl (C=O) groups is 2. The van der Waals surface area contributed by atoms with Gasteiger partial charge in [-0.15, -0.1) is 0 Å². The van der Waals surface area contributed by atoms with Gasteiger partial charge >= 0.3 is 6.18 Å². The van der Waals surface area contributed by atoms with E-state index in [2.05, 4.69) is 5.10 Å². The van der Waals surface area contributed by atoms with Gasteiger partial charge in [0.25, 0.3) is 0 Å². The van der Waals surface area contributed by atoms with Crippen LogP contribution < -0.4 is 4.90 Å². The Morgan fingerprint density at radius 3 is 2.13 bits per heavy atom. The van der Waals surface area contributed by atoms with E-state index in [9.17, 15) is 28.0 Å². The third kappa shape index (κ3) is 5.64. The average molecular weight is 455 g/mol. The Morgan fingerprint density at radius 2 is 1.71 bits per heavy atom. The van der Waals surface area contributed by atoms with Crippen LogP contribution in [0.5, 0.6) is 0 Å². The van der Waals surface area contributed by atoms with Crippen molar-refractivity contribution in [1.82, 2.24) is 9.78 Å². The maximum atomic E-state index is 13.0. The number of anilines is 1. The number of alkyl halides is 3. The number of benzene rings is 1. The Labute approximate surface area is 183 Å². The van der Waals surface area contributed by atoms with Gasteiger partial charge in [0.05, 0.1) is 22.5 Å². The number of rotatable bonds is 6. The molecule has 0 aliphatic rings. The molecule has 0 N–H and O–H groups in total. The van der Waals surface area contributed by atoms with Crippen molar-refractivity contribution in [2.45, 2.75) is 46.7 Å². The topological polar surface area (TPSA) is 79.0 Å². The molecule has 2 aromatic rings. The lowest BCUT2D eigenvalue weighted by Crippen LogP contribution is -2.40. The summed E-state index contributed by atoms with van der Waals surface area (Å²) in [6.45, 7) is 7.22. The second kappa shape index (κ2) is 9.52. The van der Waals surface area contributed by atoms with E-state index < -0.39 is 23.6 Å². The Morgan fingerprint density at radius 1 is 1.16 bits per heavy atom. The van der Waals surface area contributed by atoms with Crippen LogP contribution in [0.3, 0.4) is 0 Å². The molecule has 1 heterocycles. The van der Waals surface area contributed by atoms with Crippen molar-refractivity contribution in [2.24, 2.45) is 11.8 Å². The number of carbonyl (C=O) groups excluding carboxylic acids is 2. The number of amides is 2. The van der Waals surface area contributed by atoms with Crippen LogP contribution in [0.2, 0.25) is 5.02 Å². The molecular formula is C21H22ClF3N4O2. The summed E-state index contributed by atoms with van der Waals surface area (Å²) < 4.78 is 40.1. The summed E-state index contributed by atoms with van der Waals surface area (Å²) in [6, 6.07) is 4.51. The highest BCUT2D eigenvalue weighted by atomic mass is 35.5. The van der Waals surface area contributed by atoms with Crippen LogP contribution in [-0.2, 0) is 15.8 Å². The normalized spacial score (nSPS) is 11.6. The summed E-state index contributed by atoms with van der Waals surface area (Å²) in [4.78, 5) is 26.8. The number of hydrogen-bond donors (Lipinski definition) is 0. The molecule has 2 amide bonds. The molecule has 1 aromatic heterocycles. The molecule has 0 aliphatic carbocycles. The molecule has 0 unspecified atom stereocenters. The molecule has 0 spiro atoms. The zero-order chi connectivity index (χ0) is 23.5. The first-order chi connectivity index (χ1) is 14.4. The number of hydrogen-bond acceptors (Lipinski definition) is 4. The van der Waals surface area contributed by atoms with Gasteiger partial charge in [0.15, 0.2) is 5.82 Å². The minimum atomic E-state index is -4.60. The molecule has 0 saturated heterocycles. The predicted molar refractivity (Wildman–Crippen MR) is 110 cm³/mol. The number of imide groups is 1. The fourth-order valence-electron chi connectivity index (χ4n) is 2.92. The molecule has 166 valence electrons. The van der Waals surface area contributed by atoms with Gasteiger partial charge in [-0.2, -0.15) is 23.5 Å². The second-order valence-electron chi connectivity index (χ2n) is 7.89. The molecule has 0 bridgehead atoms. The zero-order valence-electron chi connectivity index (χ0n) is 17.5. The number of nitriles is 1. The Bertz CT molecular complexity index is 1000. The van der Waals surface area contributed by atoms with Gasteiger partial charge in [-0.3, -0.25) is 9.59 Å². The van der Waals surface area contributed by atoms with Gasteiger partial charge in [0.2, 0.25) is 11.8 Å². The molecular weight excluding hydrogens is 433 g/mol. The maximum Gasteiger partial charge on any atom is 0.416 e. The van der Waals surface area contributed by atoms with E-state index in [0.717, 1.165) is 34.0 Å². The molecule has 31 heavy (non-hydrogen) atoms. The van der Waals surface area contributed by atoms with Crippen LogP contribution in [0.25, 0.3) is 5.69 Å². The standard InChI is InChI=1S/C21H22ClF3N4O2/c1-12(2)7-18(30)28(19(31)8-13(3)4)20-14(10-26)11-27-29(20)17-6-5-15(9-16(17)22)21(23,24)25/h5-6,9,11-13H,7-8H2,1-4H3. The molecule has 2 rings (SSSR count). The van der Waals surface area contributed by atoms with Crippen molar-refractivity contribution in [3.63, 3.8) is 0 Å². The van der Waals surface area contributed by atoms with Crippen molar-refractivity contribution in [3.05, 3.63) is 40.5 Å². The van der Waals surface area contributed by atoms with E-state index in [1.165, 1.54) is 0 Å². The fraction of sp³-hybridized carbons (Fsp3) is 0.429. The largest absolute Gasteiger partial charge is 0.416 e. The van der Waals surface area contributed by atoms with Crippen molar-refractivity contribution in [3.8, 4) is 11.8 Å². The highest BCUT2D eigenvalue weighted by molar-refractivity contribution is 6.32. The van der Waals surface area contributed by atoms with Crippen molar-refractivity contribution in [2.75, 3.05) is 4.90 Å². The molecule has 0 atom stereocenters. The summed E-state index contributed by atoms with van der Waals surface area (Å²) in [6.07, 6.45) is -3.40. The summed E-state index contributed by atoms with van der Waals surface area (Å²) >= 11 is 6.09. The molecule has 10 heteroatoms. The van der Waals surface area contributed by atoms with Crippen LogP contribution in [0, 0.1) is 23.2 Å². The second-order valence-corrected chi connectivity index (χ2v) is 8.30. The van der Waals surface area contributed by atoms with E-state index in [1.54, 1.807) is 27.7 Å². The summed E-state index contributed by atoms with van der Waals surface area (Å²) in [5.74, 6) is -1.36. The molecule has 6 nitrogen and oxygen atoms in total. The maximum absolute atomic E-state index is 13.0. The van der Waals surface area contributed by atoms with E-state index in [0.29, 0.717) is 0 Å². The minimum Gasteiger partial charge on any atom is -0.274 e. The van der Waals surface area contributed by atoms with Crippen LogP contribution in [0.1, 0.15) is 51.7 Å². The Kier molecular flexibility index (Phi) is 7.49. The Hall–Kier alpha value is -2.86. The highest BCUT2D eigenvalue weighted by Gasteiger charge is 2.33. The fourth-order valence-corrected chi connectivity index (χ4v) is 3.18.